The second-order valence-corrected chi connectivity index (χ2v) is 6.29. The number of benzene rings is 1. The molecule has 76 valence electrons. The van der Waals surface area contributed by atoms with Gasteiger partial charge in [0, 0.05) is 5.92 Å². The third-order valence-electron chi connectivity index (χ3n) is 2.83. The maximum Gasteiger partial charge on any atom is 0.173 e. The zero-order valence-corrected chi connectivity index (χ0v) is 11.0. The van der Waals surface area contributed by atoms with Crippen LogP contribution in [-0.4, -0.2) is 9.36 Å². The summed E-state index contributed by atoms with van der Waals surface area (Å²) in [4.78, 5) is 4.47. The van der Waals surface area contributed by atoms with Gasteiger partial charge in [-0.1, -0.05) is 24.3 Å². The molecule has 15 heavy (non-hydrogen) atoms. The molecule has 0 N–H and O–H groups in total. The van der Waals surface area contributed by atoms with Crippen molar-refractivity contribution in [3.05, 3.63) is 44.2 Å². The molecule has 0 aliphatic heterocycles. The van der Waals surface area contributed by atoms with Crippen molar-refractivity contribution in [3.8, 4) is 0 Å². The van der Waals surface area contributed by atoms with Gasteiger partial charge in [0.1, 0.15) is 5.82 Å². The van der Waals surface area contributed by atoms with Gasteiger partial charge in [-0.15, -0.1) is 0 Å². The van der Waals surface area contributed by atoms with Gasteiger partial charge in [-0.3, -0.25) is 0 Å². The van der Waals surface area contributed by atoms with Crippen molar-refractivity contribution in [2.24, 2.45) is 0 Å². The monoisotopic (exact) mass is 328 g/mol. The fourth-order valence-electron chi connectivity index (χ4n) is 2.12. The number of hydrogen-bond donors (Lipinski definition) is 0. The SMILES string of the molecule is Ic1nc(C2Cc3ccccc3C2)ns1. The number of hydrogen-bond acceptors (Lipinski definition) is 3. The van der Waals surface area contributed by atoms with Crippen molar-refractivity contribution >= 4 is 34.1 Å². The summed E-state index contributed by atoms with van der Waals surface area (Å²) in [5, 5.41) is 0. The first-order chi connectivity index (χ1) is 7.33. The predicted molar refractivity (Wildman–Crippen MR) is 69.2 cm³/mol. The highest BCUT2D eigenvalue weighted by molar-refractivity contribution is 14.1. The molecule has 0 spiro atoms. The fourth-order valence-corrected chi connectivity index (χ4v) is 3.16. The maximum absolute atomic E-state index is 4.47. The normalized spacial score (nSPS) is 15.5. The van der Waals surface area contributed by atoms with Gasteiger partial charge in [0.05, 0.1) is 0 Å². The van der Waals surface area contributed by atoms with Gasteiger partial charge in [0.2, 0.25) is 0 Å². The Bertz CT molecular complexity index is 470. The van der Waals surface area contributed by atoms with Crippen molar-refractivity contribution in [1.29, 1.82) is 0 Å². The molecule has 0 fully saturated rings. The van der Waals surface area contributed by atoms with Gasteiger partial charge >= 0.3 is 0 Å². The lowest BCUT2D eigenvalue weighted by Crippen LogP contribution is -2.00. The molecule has 0 bridgehead atoms. The molecule has 1 aromatic carbocycles. The van der Waals surface area contributed by atoms with Crippen LogP contribution in [0.2, 0.25) is 0 Å². The van der Waals surface area contributed by atoms with E-state index in [2.05, 4.69) is 56.2 Å². The van der Waals surface area contributed by atoms with Gasteiger partial charge in [-0.25, -0.2) is 4.98 Å². The average Bonchev–Trinajstić information content (AvgIpc) is 2.82. The van der Waals surface area contributed by atoms with E-state index in [1.165, 1.54) is 22.7 Å². The molecule has 0 saturated heterocycles. The summed E-state index contributed by atoms with van der Waals surface area (Å²) in [5.41, 5.74) is 2.93. The van der Waals surface area contributed by atoms with E-state index in [0.29, 0.717) is 5.92 Å². The van der Waals surface area contributed by atoms with E-state index < -0.39 is 0 Å². The molecule has 0 atom stereocenters. The summed E-state index contributed by atoms with van der Waals surface area (Å²) in [7, 11) is 0. The van der Waals surface area contributed by atoms with Crippen LogP contribution in [0, 0.1) is 3.01 Å². The van der Waals surface area contributed by atoms with Crippen molar-refractivity contribution in [1.82, 2.24) is 9.36 Å². The van der Waals surface area contributed by atoms with E-state index in [4.69, 9.17) is 0 Å². The number of rotatable bonds is 1. The van der Waals surface area contributed by atoms with Crippen LogP contribution in [0.4, 0.5) is 0 Å². The van der Waals surface area contributed by atoms with Crippen molar-refractivity contribution < 1.29 is 0 Å². The van der Waals surface area contributed by atoms with Crippen molar-refractivity contribution in [2.45, 2.75) is 18.8 Å². The third kappa shape index (κ3) is 1.80. The summed E-state index contributed by atoms with van der Waals surface area (Å²) in [6.07, 6.45) is 2.20. The maximum atomic E-state index is 4.47. The first-order valence-electron chi connectivity index (χ1n) is 4.89. The molecule has 0 saturated carbocycles. The minimum atomic E-state index is 0.502. The molecule has 0 unspecified atom stereocenters. The smallest absolute Gasteiger partial charge is 0.173 e. The first-order valence-corrected chi connectivity index (χ1v) is 6.74. The Kier molecular flexibility index (Phi) is 2.48. The molecule has 3 rings (SSSR count). The van der Waals surface area contributed by atoms with Crippen LogP contribution in [0.3, 0.4) is 0 Å². The lowest BCUT2D eigenvalue weighted by molar-refractivity contribution is 0.695. The third-order valence-corrected chi connectivity index (χ3v) is 4.19. The highest BCUT2D eigenvalue weighted by Gasteiger charge is 2.25. The molecule has 1 aliphatic rings. The molecular formula is C11H9IN2S. The van der Waals surface area contributed by atoms with E-state index in [1.807, 2.05) is 0 Å². The standard InChI is InChI=1S/C11H9IN2S/c12-11-13-10(14-15-11)9-5-7-3-1-2-4-8(7)6-9/h1-4,9H,5-6H2. The van der Waals surface area contributed by atoms with Crippen LogP contribution >= 0.6 is 34.1 Å². The topological polar surface area (TPSA) is 25.8 Å². The van der Waals surface area contributed by atoms with E-state index in [9.17, 15) is 0 Å². The summed E-state index contributed by atoms with van der Waals surface area (Å²) in [6.45, 7) is 0. The summed E-state index contributed by atoms with van der Waals surface area (Å²) >= 11 is 3.73. The Morgan fingerprint density at radius 2 is 1.87 bits per heavy atom. The Balaban J connectivity index is 1.90. The van der Waals surface area contributed by atoms with Gasteiger partial charge < -0.3 is 0 Å². The Hall–Kier alpha value is -0.490. The van der Waals surface area contributed by atoms with E-state index in [-0.39, 0.29) is 0 Å². The second-order valence-electron chi connectivity index (χ2n) is 3.78. The molecule has 2 nitrogen and oxygen atoms in total. The number of fused-ring (bicyclic) bond motifs is 1. The molecule has 4 heteroatoms. The lowest BCUT2D eigenvalue weighted by atomic mass is 10.1. The second kappa shape index (κ2) is 3.83. The van der Waals surface area contributed by atoms with Crippen LogP contribution in [-0.2, 0) is 12.8 Å². The van der Waals surface area contributed by atoms with Crippen molar-refractivity contribution in [2.75, 3.05) is 0 Å². The number of aromatic nitrogens is 2. The van der Waals surface area contributed by atoms with Gasteiger partial charge in [-0.2, -0.15) is 4.37 Å². The Labute approximate surface area is 106 Å². The van der Waals surface area contributed by atoms with Crippen LogP contribution in [0.1, 0.15) is 22.9 Å². The van der Waals surface area contributed by atoms with Gasteiger partial charge in [0.15, 0.2) is 3.01 Å². The van der Waals surface area contributed by atoms with Gasteiger partial charge in [-0.05, 0) is 58.1 Å². The van der Waals surface area contributed by atoms with E-state index in [1.54, 1.807) is 0 Å². The quantitative estimate of drug-likeness (QED) is 0.752. The molecule has 0 amide bonds. The molecule has 1 heterocycles. The zero-order valence-electron chi connectivity index (χ0n) is 7.98. The van der Waals surface area contributed by atoms with Gasteiger partial charge in [0.25, 0.3) is 0 Å². The highest BCUT2D eigenvalue weighted by Crippen LogP contribution is 2.32. The minimum absolute atomic E-state index is 0.502. The Morgan fingerprint density at radius 3 is 2.40 bits per heavy atom. The number of halogens is 1. The molecule has 1 aromatic heterocycles. The zero-order chi connectivity index (χ0) is 10.3. The lowest BCUT2D eigenvalue weighted by Gasteiger charge is -2.01. The largest absolute Gasteiger partial charge is 0.213 e. The van der Waals surface area contributed by atoms with E-state index in [0.717, 1.165) is 21.7 Å². The van der Waals surface area contributed by atoms with Crippen LogP contribution in [0.5, 0.6) is 0 Å². The molecule has 2 aromatic rings. The number of nitrogens with zero attached hydrogens (tertiary/aromatic N) is 2. The highest BCUT2D eigenvalue weighted by atomic mass is 127. The molecular weight excluding hydrogens is 319 g/mol. The van der Waals surface area contributed by atoms with Crippen LogP contribution < -0.4 is 0 Å². The molecule has 0 radical (unpaired) electrons. The van der Waals surface area contributed by atoms with Crippen LogP contribution in [0.15, 0.2) is 24.3 Å². The first kappa shape index (κ1) is 9.72. The molecule has 1 aliphatic carbocycles. The summed E-state index contributed by atoms with van der Waals surface area (Å²) < 4.78 is 5.44. The Morgan fingerprint density at radius 1 is 1.20 bits per heavy atom. The summed E-state index contributed by atoms with van der Waals surface area (Å²) in [5.74, 6) is 1.53. The fraction of sp³-hybridized carbons (Fsp3) is 0.273. The van der Waals surface area contributed by atoms with E-state index >= 15 is 0 Å². The van der Waals surface area contributed by atoms with Crippen molar-refractivity contribution in [3.63, 3.8) is 0 Å². The summed E-state index contributed by atoms with van der Waals surface area (Å²) in [6, 6.07) is 8.65. The average molecular weight is 328 g/mol. The predicted octanol–water partition coefficient (Wildman–Crippen LogP) is 3.03. The minimum Gasteiger partial charge on any atom is -0.213 e. The van der Waals surface area contributed by atoms with Crippen LogP contribution in [0.25, 0.3) is 0 Å².